The molecule has 2 fully saturated rings. The van der Waals surface area contributed by atoms with Crippen molar-refractivity contribution in [2.45, 2.75) is 25.4 Å². The van der Waals surface area contributed by atoms with E-state index in [2.05, 4.69) is 44.4 Å². The second-order valence-electron chi connectivity index (χ2n) is 8.75. The number of nitrogens with zero attached hydrogens (tertiary/aromatic N) is 5. The highest BCUT2D eigenvalue weighted by atomic mass is 16.1. The summed E-state index contributed by atoms with van der Waals surface area (Å²) in [6.45, 7) is 5.89. The Morgan fingerprint density at radius 1 is 1.03 bits per heavy atom. The van der Waals surface area contributed by atoms with Crippen LogP contribution in [0.5, 0.6) is 0 Å². The van der Waals surface area contributed by atoms with E-state index < -0.39 is 0 Å². The first-order chi connectivity index (χ1) is 15.7. The molecule has 0 radical (unpaired) electrons. The average Bonchev–Trinajstić information content (AvgIpc) is 3.35. The average molecular weight is 431 g/mol. The summed E-state index contributed by atoms with van der Waals surface area (Å²) in [6, 6.07) is 14.6. The van der Waals surface area contributed by atoms with E-state index in [4.69, 9.17) is 4.98 Å². The summed E-state index contributed by atoms with van der Waals surface area (Å²) in [4.78, 5) is 26.3. The maximum atomic E-state index is 12.7. The van der Waals surface area contributed by atoms with E-state index in [1.54, 1.807) is 30.1 Å². The zero-order chi connectivity index (χ0) is 21.9. The lowest BCUT2D eigenvalue weighted by molar-refractivity contribution is 0.331. The summed E-state index contributed by atoms with van der Waals surface area (Å²) < 4.78 is 1.65. The predicted octanol–water partition coefficient (Wildman–Crippen LogP) is 2.59. The van der Waals surface area contributed by atoms with Gasteiger partial charge in [0.1, 0.15) is 0 Å². The fourth-order valence-electron chi connectivity index (χ4n) is 4.69. The summed E-state index contributed by atoms with van der Waals surface area (Å²) in [5, 5.41) is 3.63. The van der Waals surface area contributed by atoms with Crippen molar-refractivity contribution in [3.05, 3.63) is 76.3 Å². The summed E-state index contributed by atoms with van der Waals surface area (Å²) in [6.07, 6.45) is 6.09. The second kappa shape index (κ2) is 9.22. The number of hydrogen-bond donors (Lipinski definition) is 1. The summed E-state index contributed by atoms with van der Waals surface area (Å²) in [5.74, 6) is 0.710. The van der Waals surface area contributed by atoms with Gasteiger partial charge in [-0.1, -0.05) is 24.3 Å². The van der Waals surface area contributed by atoms with E-state index in [1.807, 2.05) is 12.1 Å². The van der Waals surface area contributed by atoms with Gasteiger partial charge in [0.05, 0.1) is 5.69 Å². The molecular formula is C25H30N6O. The van der Waals surface area contributed by atoms with Crippen molar-refractivity contribution >= 4 is 5.95 Å². The van der Waals surface area contributed by atoms with Crippen molar-refractivity contribution in [3.63, 3.8) is 0 Å². The molecule has 2 aliphatic rings. The smallest absolute Gasteiger partial charge is 0.255 e. The number of hydrogen-bond acceptors (Lipinski definition) is 6. The molecule has 0 unspecified atom stereocenters. The zero-order valence-electron chi connectivity index (χ0n) is 18.6. The molecule has 1 aromatic carbocycles. The van der Waals surface area contributed by atoms with Gasteiger partial charge in [0.2, 0.25) is 5.95 Å². The number of aromatic nitrogens is 3. The van der Waals surface area contributed by atoms with Crippen LogP contribution in [-0.4, -0.2) is 52.2 Å². The lowest BCUT2D eigenvalue weighted by atomic mass is 10.0. The molecule has 5 rings (SSSR count). The van der Waals surface area contributed by atoms with Crippen LogP contribution in [0, 0.1) is 0 Å². The standard InChI is InChI=1S/C25H30N6O/c1-29-24(32)16-22(21-8-10-26-11-9-21)28-25(29)31-15-12-27-23(18-31)20-6-4-19(5-7-20)17-30-13-2-3-14-30/h4-11,16,23,27H,2-3,12-15,17-18H2,1H3/t23-/m1/s1. The van der Waals surface area contributed by atoms with Crippen LogP contribution in [0.15, 0.2) is 59.7 Å². The molecule has 0 bridgehead atoms. The third kappa shape index (κ3) is 4.45. The molecule has 0 aliphatic carbocycles. The predicted molar refractivity (Wildman–Crippen MR) is 127 cm³/mol. The Kier molecular flexibility index (Phi) is 6.01. The molecule has 2 aliphatic heterocycles. The van der Waals surface area contributed by atoms with Crippen LogP contribution in [0.1, 0.15) is 30.0 Å². The molecule has 0 amide bonds. The Morgan fingerprint density at radius 3 is 2.53 bits per heavy atom. The van der Waals surface area contributed by atoms with E-state index in [-0.39, 0.29) is 11.6 Å². The van der Waals surface area contributed by atoms with Gasteiger partial charge < -0.3 is 10.2 Å². The Bertz CT molecular complexity index is 1110. The minimum atomic E-state index is -0.0526. The highest BCUT2D eigenvalue weighted by Crippen LogP contribution is 2.24. The van der Waals surface area contributed by atoms with E-state index in [9.17, 15) is 4.79 Å². The highest BCUT2D eigenvalue weighted by Gasteiger charge is 2.24. The van der Waals surface area contributed by atoms with Gasteiger partial charge in [-0.15, -0.1) is 0 Å². The number of benzene rings is 1. The van der Waals surface area contributed by atoms with Crippen LogP contribution in [-0.2, 0) is 13.6 Å². The number of pyridine rings is 1. The van der Waals surface area contributed by atoms with Crippen molar-refractivity contribution in [1.29, 1.82) is 0 Å². The van der Waals surface area contributed by atoms with Gasteiger partial charge in [-0.25, -0.2) is 4.98 Å². The van der Waals surface area contributed by atoms with E-state index in [0.29, 0.717) is 11.6 Å². The normalized spacial score (nSPS) is 19.4. The molecule has 7 nitrogen and oxygen atoms in total. The fraction of sp³-hybridized carbons (Fsp3) is 0.400. The molecular weight excluding hydrogens is 400 g/mol. The third-order valence-electron chi connectivity index (χ3n) is 6.53. The van der Waals surface area contributed by atoms with Crippen molar-refractivity contribution in [1.82, 2.24) is 24.8 Å². The first kappa shape index (κ1) is 20.8. The van der Waals surface area contributed by atoms with Gasteiger partial charge in [-0.05, 0) is 49.2 Å². The second-order valence-corrected chi connectivity index (χ2v) is 8.75. The van der Waals surface area contributed by atoms with Gasteiger partial charge in [0.15, 0.2) is 0 Å². The van der Waals surface area contributed by atoms with Crippen molar-refractivity contribution in [3.8, 4) is 11.3 Å². The Hall–Kier alpha value is -3.03. The van der Waals surface area contributed by atoms with Crippen LogP contribution in [0.2, 0.25) is 0 Å². The molecule has 32 heavy (non-hydrogen) atoms. The van der Waals surface area contributed by atoms with Gasteiger partial charge in [0.25, 0.3) is 5.56 Å². The third-order valence-corrected chi connectivity index (χ3v) is 6.53. The number of piperazine rings is 1. The maximum absolute atomic E-state index is 12.7. The quantitative estimate of drug-likeness (QED) is 0.671. The molecule has 1 N–H and O–H groups in total. The van der Waals surface area contributed by atoms with E-state index in [0.717, 1.165) is 31.7 Å². The van der Waals surface area contributed by atoms with Crippen LogP contribution < -0.4 is 15.8 Å². The number of likely N-dealkylation sites (tertiary alicyclic amines) is 1. The van der Waals surface area contributed by atoms with E-state index in [1.165, 1.54) is 37.1 Å². The van der Waals surface area contributed by atoms with Crippen molar-refractivity contribution in [2.75, 3.05) is 37.6 Å². The molecule has 2 saturated heterocycles. The molecule has 0 saturated carbocycles. The minimum absolute atomic E-state index is 0.0526. The lowest BCUT2D eigenvalue weighted by Gasteiger charge is -2.35. The van der Waals surface area contributed by atoms with Gasteiger partial charge >= 0.3 is 0 Å². The van der Waals surface area contributed by atoms with Crippen molar-refractivity contribution < 1.29 is 0 Å². The first-order valence-corrected chi connectivity index (χ1v) is 11.5. The lowest BCUT2D eigenvalue weighted by Crippen LogP contribution is -2.47. The zero-order valence-corrected chi connectivity index (χ0v) is 18.6. The fourth-order valence-corrected chi connectivity index (χ4v) is 4.69. The molecule has 0 spiro atoms. The molecule has 4 heterocycles. The largest absolute Gasteiger partial charge is 0.339 e. The SMILES string of the molecule is Cn1c(N2CCN[C@@H](c3ccc(CN4CCCC4)cc3)C2)nc(-c2ccncc2)cc1=O. The highest BCUT2D eigenvalue weighted by molar-refractivity contribution is 5.59. The summed E-state index contributed by atoms with van der Waals surface area (Å²) in [7, 11) is 1.80. The van der Waals surface area contributed by atoms with Gasteiger partial charge in [0, 0.05) is 63.3 Å². The van der Waals surface area contributed by atoms with Crippen LogP contribution in [0.25, 0.3) is 11.3 Å². The van der Waals surface area contributed by atoms with E-state index >= 15 is 0 Å². The van der Waals surface area contributed by atoms with Crippen LogP contribution in [0.4, 0.5) is 5.95 Å². The maximum Gasteiger partial charge on any atom is 0.255 e. The van der Waals surface area contributed by atoms with Crippen LogP contribution >= 0.6 is 0 Å². The number of nitrogens with one attached hydrogen (secondary N) is 1. The topological polar surface area (TPSA) is 66.3 Å². The Balaban J connectivity index is 1.35. The summed E-state index contributed by atoms with van der Waals surface area (Å²) in [5.41, 5.74) is 4.18. The molecule has 1 atom stereocenters. The van der Waals surface area contributed by atoms with Gasteiger partial charge in [-0.2, -0.15) is 0 Å². The number of anilines is 1. The molecule has 3 aromatic rings. The van der Waals surface area contributed by atoms with Gasteiger partial charge in [-0.3, -0.25) is 19.2 Å². The Labute approximate surface area is 188 Å². The Morgan fingerprint density at radius 2 is 1.78 bits per heavy atom. The summed E-state index contributed by atoms with van der Waals surface area (Å²) >= 11 is 0. The minimum Gasteiger partial charge on any atom is -0.339 e. The number of rotatable bonds is 5. The molecule has 2 aromatic heterocycles. The van der Waals surface area contributed by atoms with Crippen LogP contribution in [0.3, 0.4) is 0 Å². The molecule has 7 heteroatoms. The van der Waals surface area contributed by atoms with Crippen molar-refractivity contribution in [2.24, 2.45) is 7.05 Å². The monoisotopic (exact) mass is 430 g/mol. The first-order valence-electron chi connectivity index (χ1n) is 11.5. The molecule has 166 valence electrons.